The van der Waals surface area contributed by atoms with Gasteiger partial charge in [0.1, 0.15) is 6.10 Å². The van der Waals surface area contributed by atoms with Crippen LogP contribution in [0.3, 0.4) is 0 Å². The van der Waals surface area contributed by atoms with E-state index in [1.54, 1.807) is 0 Å². The molecule has 1 fully saturated rings. The summed E-state index contributed by atoms with van der Waals surface area (Å²) in [7, 11) is 0. The average Bonchev–Trinajstić information content (AvgIpc) is 2.47. The van der Waals surface area contributed by atoms with Crippen molar-refractivity contribution in [2.45, 2.75) is 68.3 Å². The number of aliphatic carboxylic acids is 1. The van der Waals surface area contributed by atoms with Crippen LogP contribution in [0, 0.1) is 0 Å². The van der Waals surface area contributed by atoms with Gasteiger partial charge in [-0.3, -0.25) is 4.79 Å². The molecule has 0 aromatic heterocycles. The predicted molar refractivity (Wildman–Crippen MR) is 84.1 cm³/mol. The molecule has 130 valence electrons. The minimum Gasteiger partial charge on any atom is -0.481 e. The third-order valence-corrected chi connectivity index (χ3v) is 4.56. The Morgan fingerprint density at radius 3 is 2.55 bits per heavy atom. The SMILES string of the molecule is CCCC(C[C@@H]1O[C@H](CO)[C@H](S)[C@H](O)[C@H]1O)NCCC(=O)O. The summed E-state index contributed by atoms with van der Waals surface area (Å²) in [6.07, 6.45) is -1.24. The summed E-state index contributed by atoms with van der Waals surface area (Å²) in [5, 5.41) is 40.6. The fourth-order valence-corrected chi connectivity index (χ4v) is 3.03. The lowest BCUT2D eigenvalue weighted by Crippen LogP contribution is -2.57. The number of carbonyl (C=O) groups is 1. The topological polar surface area (TPSA) is 119 Å². The molecule has 5 N–H and O–H groups in total. The standard InChI is InChI=1S/C14H27NO6S/c1-2-3-8(15-5-4-11(17)18)6-9-12(19)13(20)14(22)10(7-16)21-9/h8-10,12-16,19-20,22H,2-7H2,1H3,(H,17,18)/t8?,9-,10+,12-,13+,14-/m0/s1. The monoisotopic (exact) mass is 337 g/mol. The second-order valence-electron chi connectivity index (χ2n) is 5.69. The van der Waals surface area contributed by atoms with Crippen molar-refractivity contribution in [2.75, 3.05) is 13.2 Å². The summed E-state index contributed by atoms with van der Waals surface area (Å²) in [5.74, 6) is -0.870. The Bertz CT molecular complexity index is 343. The lowest BCUT2D eigenvalue weighted by molar-refractivity contribution is -0.175. The zero-order chi connectivity index (χ0) is 16.7. The summed E-state index contributed by atoms with van der Waals surface area (Å²) in [6, 6.07) is -0.0213. The van der Waals surface area contributed by atoms with Crippen molar-refractivity contribution in [3.63, 3.8) is 0 Å². The summed E-state index contributed by atoms with van der Waals surface area (Å²) in [5.41, 5.74) is 0. The molecule has 0 amide bonds. The van der Waals surface area contributed by atoms with E-state index in [2.05, 4.69) is 17.9 Å². The van der Waals surface area contributed by atoms with Crippen molar-refractivity contribution >= 4 is 18.6 Å². The van der Waals surface area contributed by atoms with Gasteiger partial charge in [-0.25, -0.2) is 0 Å². The van der Waals surface area contributed by atoms with Crippen LogP contribution < -0.4 is 5.32 Å². The Balaban J connectivity index is 2.60. The Hall–Kier alpha value is -0.380. The number of ether oxygens (including phenoxy) is 1. The van der Waals surface area contributed by atoms with E-state index in [4.69, 9.17) is 9.84 Å². The van der Waals surface area contributed by atoms with Gasteiger partial charge in [0.15, 0.2) is 0 Å². The van der Waals surface area contributed by atoms with E-state index in [0.717, 1.165) is 12.8 Å². The predicted octanol–water partition coefficient (Wildman–Crippen LogP) is -0.611. The van der Waals surface area contributed by atoms with Crippen LogP contribution in [0.1, 0.15) is 32.6 Å². The highest BCUT2D eigenvalue weighted by molar-refractivity contribution is 7.81. The smallest absolute Gasteiger partial charge is 0.304 e. The minimum absolute atomic E-state index is 0.0213. The Morgan fingerprint density at radius 1 is 1.32 bits per heavy atom. The van der Waals surface area contributed by atoms with Crippen molar-refractivity contribution in [1.82, 2.24) is 5.32 Å². The van der Waals surface area contributed by atoms with Gasteiger partial charge < -0.3 is 30.5 Å². The highest BCUT2D eigenvalue weighted by Gasteiger charge is 2.42. The van der Waals surface area contributed by atoms with Crippen molar-refractivity contribution in [1.29, 1.82) is 0 Å². The number of carboxylic acid groups (broad SMARTS) is 1. The molecule has 0 bridgehead atoms. The molecule has 0 spiro atoms. The number of nitrogens with one attached hydrogen (secondary N) is 1. The molecule has 0 saturated carbocycles. The fourth-order valence-electron chi connectivity index (χ4n) is 2.69. The van der Waals surface area contributed by atoms with Crippen LogP contribution in [-0.2, 0) is 9.53 Å². The molecule has 0 aromatic carbocycles. The van der Waals surface area contributed by atoms with Gasteiger partial charge in [-0.1, -0.05) is 13.3 Å². The minimum atomic E-state index is -1.08. The second-order valence-corrected chi connectivity index (χ2v) is 6.28. The van der Waals surface area contributed by atoms with Gasteiger partial charge in [-0.2, -0.15) is 12.6 Å². The molecule has 6 atom stereocenters. The lowest BCUT2D eigenvalue weighted by atomic mass is 9.92. The molecule has 7 nitrogen and oxygen atoms in total. The lowest BCUT2D eigenvalue weighted by Gasteiger charge is -2.41. The van der Waals surface area contributed by atoms with Crippen LogP contribution in [0.15, 0.2) is 0 Å². The normalized spacial score (nSPS) is 33.6. The number of rotatable bonds is 9. The largest absolute Gasteiger partial charge is 0.481 e. The van der Waals surface area contributed by atoms with E-state index in [9.17, 15) is 20.1 Å². The summed E-state index contributed by atoms with van der Waals surface area (Å²) >= 11 is 4.17. The molecule has 1 aliphatic rings. The van der Waals surface area contributed by atoms with Gasteiger partial charge in [-0.15, -0.1) is 0 Å². The van der Waals surface area contributed by atoms with E-state index >= 15 is 0 Å². The zero-order valence-electron chi connectivity index (χ0n) is 12.8. The van der Waals surface area contributed by atoms with Crippen molar-refractivity contribution in [3.05, 3.63) is 0 Å². The Labute approximate surface area is 136 Å². The maximum absolute atomic E-state index is 10.6. The van der Waals surface area contributed by atoms with Crippen LogP contribution in [0.4, 0.5) is 0 Å². The third kappa shape index (κ3) is 5.68. The number of aliphatic hydroxyl groups is 3. The fraction of sp³-hybridized carbons (Fsp3) is 0.929. The molecule has 1 unspecified atom stereocenters. The van der Waals surface area contributed by atoms with E-state index in [-0.39, 0.29) is 19.1 Å². The molecule has 0 radical (unpaired) electrons. The maximum atomic E-state index is 10.6. The van der Waals surface area contributed by atoms with Crippen LogP contribution in [0.2, 0.25) is 0 Å². The molecule has 1 heterocycles. The molecule has 1 aliphatic heterocycles. The van der Waals surface area contributed by atoms with Crippen LogP contribution in [0.5, 0.6) is 0 Å². The Kier molecular flexibility index (Phi) is 8.66. The Morgan fingerprint density at radius 2 is 2.00 bits per heavy atom. The third-order valence-electron chi connectivity index (χ3n) is 3.92. The molecular formula is C14H27NO6S. The van der Waals surface area contributed by atoms with E-state index < -0.39 is 35.6 Å². The summed E-state index contributed by atoms with van der Waals surface area (Å²) in [6.45, 7) is 2.07. The van der Waals surface area contributed by atoms with Crippen molar-refractivity contribution < 1.29 is 30.0 Å². The van der Waals surface area contributed by atoms with Gasteiger partial charge in [0.2, 0.25) is 0 Å². The summed E-state index contributed by atoms with van der Waals surface area (Å²) in [4.78, 5) is 10.6. The van der Waals surface area contributed by atoms with Crippen LogP contribution in [0.25, 0.3) is 0 Å². The van der Waals surface area contributed by atoms with Gasteiger partial charge in [0.25, 0.3) is 0 Å². The quantitative estimate of drug-likeness (QED) is 0.311. The van der Waals surface area contributed by atoms with Crippen molar-refractivity contribution in [2.24, 2.45) is 0 Å². The number of thiol groups is 1. The molecule has 1 saturated heterocycles. The van der Waals surface area contributed by atoms with E-state index in [1.165, 1.54) is 0 Å². The first-order valence-corrected chi connectivity index (χ1v) is 8.18. The highest BCUT2D eigenvalue weighted by Crippen LogP contribution is 2.27. The first kappa shape index (κ1) is 19.7. The highest BCUT2D eigenvalue weighted by atomic mass is 32.1. The van der Waals surface area contributed by atoms with E-state index in [0.29, 0.717) is 13.0 Å². The molecule has 0 aromatic rings. The molecular weight excluding hydrogens is 310 g/mol. The molecule has 0 aliphatic carbocycles. The van der Waals surface area contributed by atoms with Gasteiger partial charge in [0.05, 0.1) is 36.6 Å². The number of aliphatic hydroxyl groups excluding tert-OH is 3. The first-order chi connectivity index (χ1) is 10.4. The van der Waals surface area contributed by atoms with Gasteiger partial charge >= 0.3 is 5.97 Å². The maximum Gasteiger partial charge on any atom is 0.304 e. The number of carboxylic acids is 1. The molecule has 22 heavy (non-hydrogen) atoms. The molecule has 1 rings (SSSR count). The number of hydrogen-bond donors (Lipinski definition) is 6. The zero-order valence-corrected chi connectivity index (χ0v) is 13.7. The van der Waals surface area contributed by atoms with Crippen LogP contribution >= 0.6 is 12.6 Å². The van der Waals surface area contributed by atoms with Crippen molar-refractivity contribution in [3.8, 4) is 0 Å². The van der Waals surface area contributed by atoms with Crippen LogP contribution in [-0.4, -0.2) is 75.3 Å². The van der Waals surface area contributed by atoms with Gasteiger partial charge in [0, 0.05) is 12.6 Å². The molecule has 8 heteroatoms. The van der Waals surface area contributed by atoms with Gasteiger partial charge in [-0.05, 0) is 12.8 Å². The second kappa shape index (κ2) is 9.69. The first-order valence-electron chi connectivity index (χ1n) is 7.66. The average molecular weight is 337 g/mol. The van der Waals surface area contributed by atoms with E-state index in [1.807, 2.05) is 6.92 Å². The number of hydrogen-bond acceptors (Lipinski definition) is 7. The summed E-state index contributed by atoms with van der Waals surface area (Å²) < 4.78 is 5.64.